The van der Waals surface area contributed by atoms with Gasteiger partial charge in [0, 0.05) is 15.5 Å². The Labute approximate surface area is 168 Å². The molecule has 0 unspecified atom stereocenters. The van der Waals surface area contributed by atoms with Crippen LogP contribution in [0.4, 0.5) is 0 Å². The first-order valence-corrected chi connectivity index (χ1v) is 11.6. The number of rotatable bonds is 2. The van der Waals surface area contributed by atoms with E-state index in [4.69, 9.17) is 5.11 Å². The highest BCUT2D eigenvalue weighted by Crippen LogP contribution is 2.71. The van der Waals surface area contributed by atoms with E-state index >= 15 is 0 Å². The Kier molecular flexibility index (Phi) is 3.39. The quantitative estimate of drug-likeness (QED) is 0.705. The molecule has 2 bridgehead atoms. The van der Waals surface area contributed by atoms with Crippen molar-refractivity contribution in [3.05, 3.63) is 14.5 Å². The van der Waals surface area contributed by atoms with Gasteiger partial charge in [-0.1, -0.05) is 24.2 Å². The molecule has 3 aliphatic carbocycles. The zero-order valence-corrected chi connectivity index (χ0v) is 16.7. The number of thioether (sulfide) groups is 1. The number of aliphatic carboxylic acids is 1. The third-order valence-electron chi connectivity index (χ3n) is 7.94. The minimum Gasteiger partial charge on any atom is -0.480 e. The number of likely N-dealkylation sites (tertiary alicyclic amines) is 1. The lowest BCUT2D eigenvalue weighted by molar-refractivity contribution is -0.150. The summed E-state index contributed by atoms with van der Waals surface area (Å²) >= 11 is 3.02. The van der Waals surface area contributed by atoms with Crippen molar-refractivity contribution in [2.45, 2.75) is 47.8 Å². The highest BCUT2D eigenvalue weighted by molar-refractivity contribution is 8.00. The van der Waals surface area contributed by atoms with Crippen molar-refractivity contribution in [2.24, 2.45) is 29.6 Å². The number of H-pyrrole nitrogens is 1. The average molecular weight is 421 g/mol. The second-order valence-corrected chi connectivity index (χ2v) is 11.1. The van der Waals surface area contributed by atoms with E-state index < -0.39 is 12.5 Å². The molecule has 0 radical (unpaired) electrons. The number of imide groups is 1. The maximum Gasteiger partial charge on any atom is 0.323 e. The molecule has 3 saturated carbocycles. The molecule has 9 heteroatoms. The van der Waals surface area contributed by atoms with E-state index in [2.05, 4.69) is 4.98 Å². The zero-order chi connectivity index (χ0) is 19.4. The highest BCUT2D eigenvalue weighted by atomic mass is 32.2. The number of amides is 2. The third-order valence-corrected chi connectivity index (χ3v) is 10.6. The van der Waals surface area contributed by atoms with Crippen LogP contribution >= 0.6 is 23.1 Å². The lowest BCUT2D eigenvalue weighted by atomic mass is 9.61. The van der Waals surface area contributed by atoms with Crippen LogP contribution in [0.15, 0.2) is 9.82 Å². The van der Waals surface area contributed by atoms with Crippen molar-refractivity contribution in [1.82, 2.24) is 9.88 Å². The molecule has 1 saturated heterocycles. The summed E-state index contributed by atoms with van der Waals surface area (Å²) in [6.07, 6.45) is 5.21. The van der Waals surface area contributed by atoms with E-state index in [1.54, 1.807) is 11.8 Å². The Morgan fingerprint density at radius 3 is 2.50 bits per heavy atom. The summed E-state index contributed by atoms with van der Waals surface area (Å²) in [5.41, 5.74) is -0.0526. The molecular weight excluding hydrogens is 400 g/mol. The maximum atomic E-state index is 13.0. The molecule has 2 N–H and O–H groups in total. The Bertz CT molecular complexity index is 977. The number of nitrogens with zero attached hydrogens (tertiary/aromatic N) is 1. The Balaban J connectivity index is 1.45. The molecule has 7 nitrogen and oxygen atoms in total. The first-order chi connectivity index (χ1) is 13.4. The molecule has 0 aromatic carbocycles. The maximum absolute atomic E-state index is 13.0. The predicted octanol–water partition coefficient (Wildman–Crippen LogP) is 1.67. The van der Waals surface area contributed by atoms with Gasteiger partial charge in [0.1, 0.15) is 6.54 Å². The van der Waals surface area contributed by atoms with Crippen LogP contribution in [0.1, 0.15) is 37.0 Å². The van der Waals surface area contributed by atoms with Gasteiger partial charge in [0.05, 0.1) is 16.9 Å². The Morgan fingerprint density at radius 1 is 1.14 bits per heavy atom. The largest absolute Gasteiger partial charge is 0.480 e. The number of carboxylic acid groups (broad SMARTS) is 1. The standard InChI is InChI=1S/C19H20N2O5S2/c22-9(23)6-21-16(24)10-7-5-8(11(10)17(21)25)13-12(7)19(3-1-2-4-19)14-15(27-13)20-18(26)28-14/h7-8,10-13H,1-6H2,(H,20,26)(H,22,23)/t7-,8+,10-,11-,12+,13+/m0/s1. The second-order valence-electron chi connectivity index (χ2n) is 8.92. The molecule has 1 aromatic rings. The number of carboxylic acids is 1. The van der Waals surface area contributed by atoms with Crippen LogP contribution in [0.2, 0.25) is 0 Å². The molecule has 6 rings (SSSR count). The molecule has 4 fully saturated rings. The van der Waals surface area contributed by atoms with E-state index in [0.29, 0.717) is 5.92 Å². The minimum atomic E-state index is -1.15. The minimum absolute atomic E-state index is 0.0175. The summed E-state index contributed by atoms with van der Waals surface area (Å²) in [5, 5.41) is 10.3. The van der Waals surface area contributed by atoms with E-state index in [-0.39, 0.29) is 51.0 Å². The van der Waals surface area contributed by atoms with Crippen molar-refractivity contribution >= 4 is 40.9 Å². The van der Waals surface area contributed by atoms with Gasteiger partial charge in [-0.15, -0.1) is 11.8 Å². The molecule has 5 aliphatic rings. The predicted molar refractivity (Wildman–Crippen MR) is 101 cm³/mol. The summed E-state index contributed by atoms with van der Waals surface area (Å²) in [7, 11) is 0. The first kappa shape index (κ1) is 17.3. The van der Waals surface area contributed by atoms with Gasteiger partial charge in [-0.2, -0.15) is 0 Å². The molecule has 28 heavy (non-hydrogen) atoms. The zero-order valence-electron chi connectivity index (χ0n) is 15.1. The molecule has 2 amide bonds. The molecular formula is C19H20N2O5S2. The molecule has 1 spiro atoms. The summed E-state index contributed by atoms with van der Waals surface area (Å²) in [4.78, 5) is 54.4. The number of thiazole rings is 1. The number of fused-ring (bicyclic) bond motifs is 11. The van der Waals surface area contributed by atoms with Gasteiger partial charge in [-0.3, -0.25) is 24.1 Å². The van der Waals surface area contributed by atoms with Gasteiger partial charge < -0.3 is 10.1 Å². The van der Waals surface area contributed by atoms with E-state index in [1.165, 1.54) is 16.2 Å². The van der Waals surface area contributed by atoms with Crippen molar-refractivity contribution in [3.8, 4) is 0 Å². The normalized spacial score (nSPS) is 39.5. The number of aromatic amines is 1. The van der Waals surface area contributed by atoms with Gasteiger partial charge in [-0.25, -0.2) is 0 Å². The van der Waals surface area contributed by atoms with Crippen LogP contribution < -0.4 is 4.87 Å². The first-order valence-electron chi connectivity index (χ1n) is 9.89. The van der Waals surface area contributed by atoms with Crippen LogP contribution in [0.25, 0.3) is 0 Å². The van der Waals surface area contributed by atoms with Crippen molar-refractivity contribution in [2.75, 3.05) is 6.54 Å². The van der Waals surface area contributed by atoms with Crippen molar-refractivity contribution in [3.63, 3.8) is 0 Å². The molecule has 6 atom stereocenters. The average Bonchev–Trinajstić information content (AvgIpc) is 3.41. The summed E-state index contributed by atoms with van der Waals surface area (Å²) < 4.78 is 0. The Hall–Kier alpha value is -1.61. The molecule has 1 aromatic heterocycles. The molecule has 148 valence electrons. The fraction of sp³-hybridized carbons (Fsp3) is 0.684. The fourth-order valence-corrected chi connectivity index (χ4v) is 10.4. The fourth-order valence-electron chi connectivity index (χ4n) is 7.26. The van der Waals surface area contributed by atoms with Crippen molar-refractivity contribution < 1.29 is 19.5 Å². The van der Waals surface area contributed by atoms with Crippen LogP contribution in [-0.4, -0.2) is 44.6 Å². The van der Waals surface area contributed by atoms with Gasteiger partial charge in [0.25, 0.3) is 0 Å². The number of carbonyl (C=O) groups excluding carboxylic acids is 2. The lowest BCUT2D eigenvalue weighted by Crippen LogP contribution is -2.49. The topological polar surface area (TPSA) is 108 Å². The van der Waals surface area contributed by atoms with Gasteiger partial charge in [0.2, 0.25) is 11.8 Å². The number of hydrogen-bond donors (Lipinski definition) is 2. The number of hydrogen-bond acceptors (Lipinski definition) is 6. The van der Waals surface area contributed by atoms with E-state index in [9.17, 15) is 19.2 Å². The van der Waals surface area contributed by atoms with Gasteiger partial charge in [0.15, 0.2) is 0 Å². The van der Waals surface area contributed by atoms with Crippen LogP contribution in [0, 0.1) is 29.6 Å². The number of aromatic nitrogens is 1. The molecule has 2 aliphatic heterocycles. The second kappa shape index (κ2) is 5.50. The lowest BCUT2D eigenvalue weighted by Gasteiger charge is -2.49. The monoisotopic (exact) mass is 420 g/mol. The Morgan fingerprint density at radius 2 is 1.82 bits per heavy atom. The van der Waals surface area contributed by atoms with Gasteiger partial charge in [-0.05, 0) is 37.0 Å². The molecule has 3 heterocycles. The van der Waals surface area contributed by atoms with Crippen LogP contribution in [-0.2, 0) is 19.8 Å². The summed E-state index contributed by atoms with van der Waals surface area (Å²) in [6, 6.07) is 0. The van der Waals surface area contributed by atoms with Crippen LogP contribution in [0.5, 0.6) is 0 Å². The van der Waals surface area contributed by atoms with E-state index in [0.717, 1.165) is 42.0 Å². The smallest absolute Gasteiger partial charge is 0.323 e. The summed E-state index contributed by atoms with van der Waals surface area (Å²) in [5.74, 6) is -1.96. The summed E-state index contributed by atoms with van der Waals surface area (Å²) in [6.45, 7) is -0.529. The van der Waals surface area contributed by atoms with Crippen molar-refractivity contribution in [1.29, 1.82) is 0 Å². The number of nitrogens with one attached hydrogen (secondary N) is 1. The number of carbonyl (C=O) groups is 3. The van der Waals surface area contributed by atoms with E-state index in [1.807, 2.05) is 0 Å². The third kappa shape index (κ3) is 1.92. The highest BCUT2D eigenvalue weighted by Gasteiger charge is 2.72. The van der Waals surface area contributed by atoms with Gasteiger partial charge >= 0.3 is 10.8 Å². The SMILES string of the molecule is O=C(O)CN1C(=O)[C@H]2[C@H]3C[C@@H]([C@@H]2C1=O)[C@@H]1[C@@H]3Sc2[nH]c(=O)sc2C12CCCC2. The van der Waals surface area contributed by atoms with Crippen LogP contribution in [0.3, 0.4) is 0 Å².